The summed E-state index contributed by atoms with van der Waals surface area (Å²) >= 11 is 0. The van der Waals surface area contributed by atoms with Crippen molar-refractivity contribution >= 4 is 11.9 Å². The van der Waals surface area contributed by atoms with Gasteiger partial charge in [0.2, 0.25) is 5.91 Å². The number of benzene rings is 1. The Kier molecular flexibility index (Phi) is 4.66. The maximum absolute atomic E-state index is 12.0. The Morgan fingerprint density at radius 2 is 1.91 bits per heavy atom. The monoisotopic (exact) mass is 316 g/mol. The van der Waals surface area contributed by atoms with E-state index in [4.69, 9.17) is 0 Å². The molecule has 0 spiro atoms. The zero-order chi connectivity index (χ0) is 16.4. The predicted molar refractivity (Wildman–Crippen MR) is 87.9 cm³/mol. The number of hydrogen-bond donors (Lipinski definition) is 2. The van der Waals surface area contributed by atoms with E-state index in [1.54, 1.807) is 0 Å². The van der Waals surface area contributed by atoms with Crippen molar-refractivity contribution in [2.45, 2.75) is 51.6 Å². The molecule has 1 aliphatic heterocycles. The molecule has 124 valence electrons. The van der Waals surface area contributed by atoms with E-state index in [-0.39, 0.29) is 11.9 Å². The van der Waals surface area contributed by atoms with Crippen LogP contribution in [0, 0.1) is 0 Å². The number of rotatable bonds is 6. The van der Waals surface area contributed by atoms with Crippen LogP contribution in [0.15, 0.2) is 24.3 Å². The highest BCUT2D eigenvalue weighted by Crippen LogP contribution is 2.17. The summed E-state index contributed by atoms with van der Waals surface area (Å²) in [5, 5.41) is 2.76. The number of hydrogen-bond acceptors (Lipinski definition) is 2. The molecule has 0 aromatic heterocycles. The highest BCUT2D eigenvalue weighted by atomic mass is 16.2. The second-order valence-corrected chi connectivity index (χ2v) is 6.97. The van der Waals surface area contributed by atoms with Gasteiger partial charge in [-0.05, 0) is 11.5 Å². The van der Waals surface area contributed by atoms with Gasteiger partial charge in [0, 0.05) is 31.4 Å². The van der Waals surface area contributed by atoms with Crippen LogP contribution in [0.5, 0.6) is 0 Å². The van der Waals surface area contributed by atoms with Crippen LogP contribution in [-0.4, -0.2) is 36.1 Å². The number of nitrogens with one attached hydrogen (secondary N) is 2. The Morgan fingerprint density at radius 3 is 2.48 bits per heavy atom. The molecule has 0 bridgehead atoms. The molecule has 5 nitrogen and oxygen atoms in total. The first-order chi connectivity index (χ1) is 11.0. The van der Waals surface area contributed by atoms with Gasteiger partial charge < -0.3 is 10.2 Å². The van der Waals surface area contributed by atoms with Crippen molar-refractivity contribution in [1.29, 1.82) is 0 Å². The topological polar surface area (TPSA) is 53.9 Å². The summed E-state index contributed by atoms with van der Waals surface area (Å²) in [5.74, 6) is 0.479. The molecule has 3 rings (SSSR count). The van der Waals surface area contributed by atoms with Crippen LogP contribution in [-0.2, 0) is 11.3 Å². The van der Waals surface area contributed by atoms with E-state index in [2.05, 4.69) is 43.4 Å². The summed E-state index contributed by atoms with van der Waals surface area (Å²) in [7, 11) is 0. The van der Waals surface area contributed by atoms with Gasteiger partial charge in [-0.1, -0.05) is 38.1 Å². The smallest absolute Gasteiger partial charge is 0.328 e. The van der Waals surface area contributed by atoms with Gasteiger partial charge in [-0.2, -0.15) is 0 Å². The van der Waals surface area contributed by atoms with Crippen molar-refractivity contribution < 1.29 is 14.5 Å². The molecule has 5 heteroatoms. The molecule has 1 atom stereocenters. The van der Waals surface area contributed by atoms with E-state index in [9.17, 15) is 9.59 Å². The second-order valence-electron chi connectivity index (χ2n) is 6.97. The number of carbonyl (C=O) groups is 2. The lowest BCUT2D eigenvalue weighted by Crippen LogP contribution is -3.14. The fraction of sp³-hybridized carbons (Fsp3) is 0.556. The average Bonchev–Trinajstić information content (AvgIpc) is 3.35. The van der Waals surface area contributed by atoms with Gasteiger partial charge in [0.1, 0.15) is 6.54 Å². The highest BCUT2D eigenvalue weighted by Gasteiger charge is 2.37. The van der Waals surface area contributed by atoms with Crippen molar-refractivity contribution in [2.24, 2.45) is 0 Å². The number of amides is 3. The van der Waals surface area contributed by atoms with Gasteiger partial charge in [-0.15, -0.1) is 0 Å². The quantitative estimate of drug-likeness (QED) is 0.830. The summed E-state index contributed by atoms with van der Waals surface area (Å²) in [5.41, 5.74) is 2.61. The fourth-order valence-electron chi connectivity index (χ4n) is 3.09. The molecule has 1 aromatic carbocycles. The summed E-state index contributed by atoms with van der Waals surface area (Å²) < 4.78 is 0. The van der Waals surface area contributed by atoms with Crippen molar-refractivity contribution in [3.8, 4) is 0 Å². The number of quaternary nitrogens is 1. The van der Waals surface area contributed by atoms with Gasteiger partial charge in [0.15, 0.2) is 6.67 Å². The van der Waals surface area contributed by atoms with Gasteiger partial charge in [-0.25, -0.2) is 9.69 Å². The van der Waals surface area contributed by atoms with Crippen LogP contribution in [0.2, 0.25) is 0 Å². The van der Waals surface area contributed by atoms with E-state index in [0.29, 0.717) is 31.6 Å². The largest absolute Gasteiger partial charge is 0.337 e. The number of carbonyl (C=O) groups excluding carboxylic acids is 2. The molecule has 1 saturated heterocycles. The van der Waals surface area contributed by atoms with Crippen molar-refractivity contribution in [2.75, 3.05) is 13.2 Å². The van der Waals surface area contributed by atoms with Crippen LogP contribution in [0.25, 0.3) is 0 Å². The maximum atomic E-state index is 12.0. The molecular weight excluding hydrogens is 290 g/mol. The zero-order valence-electron chi connectivity index (χ0n) is 14.0. The van der Waals surface area contributed by atoms with E-state index >= 15 is 0 Å². The summed E-state index contributed by atoms with van der Waals surface area (Å²) in [6, 6.07) is 9.05. The summed E-state index contributed by atoms with van der Waals surface area (Å²) in [6.45, 7) is 6.18. The summed E-state index contributed by atoms with van der Waals surface area (Å²) in [6.07, 6.45) is 2.78. The molecule has 0 radical (unpaired) electrons. The number of urea groups is 1. The molecule has 1 aromatic rings. The highest BCUT2D eigenvalue weighted by molar-refractivity contribution is 5.96. The van der Waals surface area contributed by atoms with Crippen LogP contribution in [0.4, 0.5) is 4.79 Å². The SMILES string of the molecule is CC(C)c1ccc(C[NH+](CN2C(=O)CCNC2=O)C2CC2)cc1. The van der Waals surface area contributed by atoms with Crippen molar-refractivity contribution in [3.05, 3.63) is 35.4 Å². The molecule has 2 N–H and O–H groups in total. The Hall–Kier alpha value is -1.88. The second kappa shape index (κ2) is 6.71. The molecule has 1 saturated carbocycles. The molecule has 1 heterocycles. The Morgan fingerprint density at radius 1 is 1.22 bits per heavy atom. The molecule has 3 amide bonds. The van der Waals surface area contributed by atoms with E-state index in [0.717, 1.165) is 6.54 Å². The van der Waals surface area contributed by atoms with Gasteiger partial charge in [0.05, 0.1) is 6.04 Å². The lowest BCUT2D eigenvalue weighted by Gasteiger charge is -2.29. The van der Waals surface area contributed by atoms with Crippen LogP contribution < -0.4 is 10.2 Å². The lowest BCUT2D eigenvalue weighted by atomic mass is 10.0. The minimum Gasteiger partial charge on any atom is -0.337 e. The van der Waals surface area contributed by atoms with Crippen LogP contribution in [0.3, 0.4) is 0 Å². The average molecular weight is 316 g/mol. The normalized spacial score (nSPS) is 19.9. The molecule has 1 aliphatic carbocycles. The molecular formula is C18H26N3O2+. The number of imide groups is 1. The van der Waals surface area contributed by atoms with E-state index in [1.807, 2.05) is 0 Å². The first-order valence-corrected chi connectivity index (χ1v) is 8.56. The van der Waals surface area contributed by atoms with E-state index in [1.165, 1.54) is 33.8 Å². The van der Waals surface area contributed by atoms with E-state index < -0.39 is 0 Å². The molecule has 2 fully saturated rings. The predicted octanol–water partition coefficient (Wildman–Crippen LogP) is 1.26. The Balaban J connectivity index is 1.67. The van der Waals surface area contributed by atoms with Gasteiger partial charge in [0.25, 0.3) is 0 Å². The first-order valence-electron chi connectivity index (χ1n) is 8.56. The molecule has 23 heavy (non-hydrogen) atoms. The van der Waals surface area contributed by atoms with Crippen LogP contribution in [0.1, 0.15) is 50.2 Å². The van der Waals surface area contributed by atoms with Gasteiger partial charge >= 0.3 is 6.03 Å². The number of nitrogens with zero attached hydrogens (tertiary/aromatic N) is 1. The Labute approximate surface area is 137 Å². The first kappa shape index (κ1) is 16.0. The third-order valence-corrected chi connectivity index (χ3v) is 4.75. The summed E-state index contributed by atoms with van der Waals surface area (Å²) in [4.78, 5) is 26.6. The minimum absolute atomic E-state index is 0.0537. The minimum atomic E-state index is -0.241. The maximum Gasteiger partial charge on any atom is 0.328 e. The third-order valence-electron chi connectivity index (χ3n) is 4.75. The van der Waals surface area contributed by atoms with Crippen molar-refractivity contribution in [1.82, 2.24) is 10.2 Å². The van der Waals surface area contributed by atoms with Gasteiger partial charge in [-0.3, -0.25) is 4.79 Å². The molecule has 1 unspecified atom stereocenters. The van der Waals surface area contributed by atoms with Crippen LogP contribution >= 0.6 is 0 Å². The third kappa shape index (κ3) is 3.91. The molecule has 2 aliphatic rings. The zero-order valence-corrected chi connectivity index (χ0v) is 14.0. The lowest BCUT2D eigenvalue weighted by molar-refractivity contribution is -0.932. The Bertz CT molecular complexity index is 562. The fourth-order valence-corrected chi connectivity index (χ4v) is 3.09. The van der Waals surface area contributed by atoms with Crippen molar-refractivity contribution in [3.63, 3.8) is 0 Å². The standard InChI is InChI=1S/C18H25N3O2/c1-13(2)15-5-3-14(4-6-15)11-20(16-7-8-16)12-21-17(22)9-10-19-18(21)23/h3-6,13,16H,7-12H2,1-2H3,(H,19,23)/p+1.